The number of phenolic OH excluding ortho intramolecular Hbond substituents is 1. The Balaban J connectivity index is 2.78. The van der Waals surface area contributed by atoms with Crippen LogP contribution in [0.15, 0.2) is 24.3 Å². The van der Waals surface area contributed by atoms with E-state index in [2.05, 4.69) is 4.74 Å². The van der Waals surface area contributed by atoms with E-state index in [4.69, 9.17) is 5.11 Å². The molecular weight excluding hydrogens is 132 g/mol. The molecule has 0 saturated carbocycles. The van der Waals surface area contributed by atoms with Gasteiger partial charge < -0.3 is 9.84 Å². The highest BCUT2D eigenvalue weighted by Crippen LogP contribution is 2.14. The molecule has 1 N–H and O–H groups in total. The molecule has 0 aliphatic carbocycles. The van der Waals surface area contributed by atoms with Crippen LogP contribution in [0.3, 0.4) is 0 Å². The molecule has 52 valence electrons. The highest BCUT2D eigenvalue weighted by molar-refractivity contribution is 5.45. The first kappa shape index (κ1) is 6.61. The average molecular weight is 138 g/mol. The summed E-state index contributed by atoms with van der Waals surface area (Å²) in [5.41, 5.74) is 0. The number of rotatable bonds is 2. The maximum absolute atomic E-state index is 9.77. The molecule has 1 aromatic rings. The molecule has 10 heavy (non-hydrogen) atoms. The van der Waals surface area contributed by atoms with Gasteiger partial charge in [0.2, 0.25) is 0 Å². The third-order valence-electron chi connectivity index (χ3n) is 1.02. The van der Waals surface area contributed by atoms with Crippen LogP contribution in [-0.2, 0) is 4.79 Å². The van der Waals surface area contributed by atoms with Crippen LogP contribution in [0.25, 0.3) is 0 Å². The Morgan fingerprint density at radius 3 is 2.40 bits per heavy atom. The smallest absolute Gasteiger partial charge is 0.298 e. The van der Waals surface area contributed by atoms with Gasteiger partial charge in [-0.1, -0.05) is 0 Å². The topological polar surface area (TPSA) is 46.5 Å². The summed E-state index contributed by atoms with van der Waals surface area (Å²) in [6.45, 7) is 0.340. The molecule has 0 amide bonds. The molecule has 0 unspecified atom stereocenters. The molecule has 0 fully saturated rings. The van der Waals surface area contributed by atoms with E-state index >= 15 is 0 Å². The van der Waals surface area contributed by atoms with Crippen LogP contribution >= 0.6 is 0 Å². The summed E-state index contributed by atoms with van der Waals surface area (Å²) in [6, 6.07) is 5.89. The number of hydrogen-bond acceptors (Lipinski definition) is 3. The van der Waals surface area contributed by atoms with E-state index in [0.29, 0.717) is 12.2 Å². The molecule has 0 heterocycles. The number of carbonyl (C=O) groups is 1. The maximum Gasteiger partial charge on any atom is 0.298 e. The Bertz CT molecular complexity index is 215. The van der Waals surface area contributed by atoms with Crippen molar-refractivity contribution in [1.82, 2.24) is 0 Å². The minimum atomic E-state index is 0.151. The fourth-order valence-corrected chi connectivity index (χ4v) is 0.580. The second-order valence-electron chi connectivity index (χ2n) is 1.71. The van der Waals surface area contributed by atoms with Gasteiger partial charge in [0.1, 0.15) is 11.5 Å². The van der Waals surface area contributed by atoms with Gasteiger partial charge in [-0.25, -0.2) is 0 Å². The number of hydrogen-bond donors (Lipinski definition) is 1. The summed E-state index contributed by atoms with van der Waals surface area (Å²) >= 11 is 0. The quantitative estimate of drug-likeness (QED) is 0.618. The molecular formula is C7H6O3. The second kappa shape index (κ2) is 2.87. The number of ether oxygens (including phenoxy) is 1. The van der Waals surface area contributed by atoms with Crippen molar-refractivity contribution in [2.45, 2.75) is 0 Å². The minimum absolute atomic E-state index is 0.151. The van der Waals surface area contributed by atoms with E-state index in [-0.39, 0.29) is 5.75 Å². The van der Waals surface area contributed by atoms with Gasteiger partial charge in [0.25, 0.3) is 6.47 Å². The number of aromatic hydroxyl groups is 1. The van der Waals surface area contributed by atoms with Crippen LogP contribution in [0.5, 0.6) is 11.5 Å². The lowest BCUT2D eigenvalue weighted by molar-refractivity contribution is -0.120. The predicted octanol–water partition coefficient (Wildman–Crippen LogP) is 0.927. The zero-order valence-electron chi connectivity index (χ0n) is 5.15. The highest BCUT2D eigenvalue weighted by Gasteiger charge is 1.90. The van der Waals surface area contributed by atoms with Gasteiger partial charge in [0, 0.05) is 0 Å². The first-order chi connectivity index (χ1) is 4.83. The van der Waals surface area contributed by atoms with Crippen LogP contribution < -0.4 is 4.74 Å². The van der Waals surface area contributed by atoms with Crippen molar-refractivity contribution in [2.75, 3.05) is 0 Å². The summed E-state index contributed by atoms with van der Waals surface area (Å²) in [7, 11) is 0. The lowest BCUT2D eigenvalue weighted by Gasteiger charge is -1.95. The normalized spacial score (nSPS) is 8.80. The van der Waals surface area contributed by atoms with Gasteiger partial charge in [0.05, 0.1) is 0 Å². The number of carbonyl (C=O) groups excluding carboxylic acids is 1. The van der Waals surface area contributed by atoms with Gasteiger partial charge in [-0.15, -0.1) is 0 Å². The van der Waals surface area contributed by atoms with Crippen LogP contribution in [0.2, 0.25) is 0 Å². The van der Waals surface area contributed by atoms with Crippen LogP contribution in [0, 0.1) is 0 Å². The van der Waals surface area contributed by atoms with Gasteiger partial charge in [-0.2, -0.15) is 0 Å². The average Bonchev–Trinajstić information content (AvgIpc) is 1.95. The first-order valence-electron chi connectivity index (χ1n) is 2.72. The van der Waals surface area contributed by atoms with E-state index < -0.39 is 0 Å². The second-order valence-corrected chi connectivity index (χ2v) is 1.71. The van der Waals surface area contributed by atoms with Crippen LogP contribution in [0.4, 0.5) is 0 Å². The summed E-state index contributed by atoms with van der Waals surface area (Å²) in [5.74, 6) is 0.575. The Kier molecular flexibility index (Phi) is 1.89. The molecule has 0 aliphatic heterocycles. The van der Waals surface area contributed by atoms with Crippen LogP contribution in [-0.4, -0.2) is 11.6 Å². The molecule has 0 atom stereocenters. The van der Waals surface area contributed by atoms with E-state index in [9.17, 15) is 4.79 Å². The zero-order valence-corrected chi connectivity index (χ0v) is 5.15. The van der Waals surface area contributed by atoms with Crippen molar-refractivity contribution in [2.24, 2.45) is 0 Å². The molecule has 0 radical (unpaired) electrons. The van der Waals surface area contributed by atoms with E-state index in [0.717, 1.165) is 0 Å². The fourth-order valence-electron chi connectivity index (χ4n) is 0.580. The maximum atomic E-state index is 9.77. The summed E-state index contributed by atoms with van der Waals surface area (Å²) in [4.78, 5) is 9.77. The van der Waals surface area contributed by atoms with Gasteiger partial charge in [0.15, 0.2) is 0 Å². The molecule has 0 spiro atoms. The van der Waals surface area contributed by atoms with Crippen molar-refractivity contribution < 1.29 is 14.6 Å². The Labute approximate surface area is 57.9 Å². The van der Waals surface area contributed by atoms with E-state index in [1.807, 2.05) is 0 Å². The minimum Gasteiger partial charge on any atom is -0.508 e. The third kappa shape index (κ3) is 1.48. The molecule has 0 saturated heterocycles. The Hall–Kier alpha value is -1.51. The first-order valence-corrected chi connectivity index (χ1v) is 2.72. The van der Waals surface area contributed by atoms with E-state index in [1.165, 1.54) is 24.3 Å². The van der Waals surface area contributed by atoms with Crippen molar-refractivity contribution in [1.29, 1.82) is 0 Å². The van der Waals surface area contributed by atoms with Gasteiger partial charge in [-0.3, -0.25) is 4.79 Å². The van der Waals surface area contributed by atoms with Crippen molar-refractivity contribution in [3.63, 3.8) is 0 Å². The monoisotopic (exact) mass is 138 g/mol. The Morgan fingerprint density at radius 1 is 1.30 bits per heavy atom. The predicted molar refractivity (Wildman–Crippen MR) is 34.8 cm³/mol. The van der Waals surface area contributed by atoms with Gasteiger partial charge >= 0.3 is 0 Å². The molecule has 0 aliphatic rings. The van der Waals surface area contributed by atoms with Crippen molar-refractivity contribution >= 4 is 6.47 Å². The lowest BCUT2D eigenvalue weighted by atomic mass is 10.3. The zero-order chi connectivity index (χ0) is 7.40. The van der Waals surface area contributed by atoms with Crippen molar-refractivity contribution in [3.8, 4) is 11.5 Å². The standard InChI is InChI=1S/C7H6O3/c8-5-10-7-3-1-6(9)2-4-7/h1-5,9H. The molecule has 3 heteroatoms. The molecule has 3 nitrogen and oxygen atoms in total. The summed E-state index contributed by atoms with van der Waals surface area (Å²) < 4.78 is 4.47. The molecule has 0 aromatic heterocycles. The molecule has 1 rings (SSSR count). The Morgan fingerprint density at radius 2 is 1.90 bits per heavy atom. The lowest BCUT2D eigenvalue weighted by Crippen LogP contribution is -1.86. The summed E-state index contributed by atoms with van der Waals surface area (Å²) in [6.07, 6.45) is 0. The van der Waals surface area contributed by atoms with Crippen LogP contribution in [0.1, 0.15) is 0 Å². The summed E-state index contributed by atoms with van der Waals surface area (Å²) in [5, 5.41) is 8.78. The van der Waals surface area contributed by atoms with E-state index in [1.54, 1.807) is 0 Å². The number of phenols is 1. The number of benzene rings is 1. The molecule has 1 aromatic carbocycles. The largest absolute Gasteiger partial charge is 0.508 e. The molecule has 0 bridgehead atoms. The van der Waals surface area contributed by atoms with Gasteiger partial charge in [-0.05, 0) is 24.3 Å². The SMILES string of the molecule is O=COc1ccc(O)cc1. The third-order valence-corrected chi connectivity index (χ3v) is 1.02. The fraction of sp³-hybridized carbons (Fsp3) is 0. The highest BCUT2D eigenvalue weighted by atomic mass is 16.5. The van der Waals surface area contributed by atoms with Crippen molar-refractivity contribution in [3.05, 3.63) is 24.3 Å².